The van der Waals surface area contributed by atoms with Gasteiger partial charge in [0.25, 0.3) is 0 Å². The van der Waals surface area contributed by atoms with E-state index in [1.807, 2.05) is 13.0 Å². The van der Waals surface area contributed by atoms with Gasteiger partial charge < -0.3 is 4.74 Å². The lowest BCUT2D eigenvalue weighted by atomic mass is 9.87. The summed E-state index contributed by atoms with van der Waals surface area (Å²) in [7, 11) is 0. The molecule has 2 aliphatic rings. The number of rotatable bonds is 4. The molecule has 0 radical (unpaired) electrons. The molecule has 0 fully saturated rings. The van der Waals surface area contributed by atoms with Crippen LogP contribution in [0.4, 0.5) is 13.2 Å². The number of halogens is 4. The summed E-state index contributed by atoms with van der Waals surface area (Å²) in [5.74, 6) is 0.277. The van der Waals surface area contributed by atoms with Crippen LogP contribution >= 0.6 is 23.4 Å². The highest BCUT2D eigenvalue weighted by atomic mass is 35.5. The van der Waals surface area contributed by atoms with Crippen LogP contribution in [0.3, 0.4) is 0 Å². The molecule has 26 heavy (non-hydrogen) atoms. The topological polar surface area (TPSA) is 26.3 Å². The van der Waals surface area contributed by atoms with Gasteiger partial charge in [0, 0.05) is 5.25 Å². The molecular formula is C19H16ClF3O2S. The van der Waals surface area contributed by atoms with Crippen LogP contribution in [0.2, 0.25) is 0 Å². The van der Waals surface area contributed by atoms with Crippen LogP contribution in [0, 0.1) is 5.92 Å². The van der Waals surface area contributed by atoms with E-state index in [1.165, 1.54) is 30.8 Å². The predicted octanol–water partition coefficient (Wildman–Crippen LogP) is 5.84. The molecule has 1 aliphatic carbocycles. The lowest BCUT2D eigenvalue weighted by molar-refractivity contribution is -0.137. The molecule has 2 nitrogen and oxygen atoms in total. The molecule has 3 rings (SSSR count). The van der Waals surface area contributed by atoms with Crippen LogP contribution in [0.15, 0.2) is 57.7 Å². The molecule has 0 spiro atoms. The molecule has 0 bridgehead atoms. The van der Waals surface area contributed by atoms with E-state index >= 15 is 0 Å². The zero-order valence-corrected chi connectivity index (χ0v) is 15.6. The number of hydrogen-bond donors (Lipinski definition) is 0. The van der Waals surface area contributed by atoms with E-state index < -0.39 is 11.7 Å². The van der Waals surface area contributed by atoms with Crippen LogP contribution in [-0.4, -0.2) is 11.0 Å². The van der Waals surface area contributed by atoms with Crippen molar-refractivity contribution in [1.29, 1.82) is 0 Å². The molecule has 0 aromatic heterocycles. The zero-order chi connectivity index (χ0) is 19.1. The zero-order valence-electron chi connectivity index (χ0n) is 14.1. The Balaban J connectivity index is 1.84. The quantitative estimate of drug-likeness (QED) is 0.635. The Bertz CT molecular complexity index is 822. The van der Waals surface area contributed by atoms with Gasteiger partial charge in [0.05, 0.1) is 21.4 Å². The lowest BCUT2D eigenvalue weighted by Crippen LogP contribution is -2.23. The number of allylic oxidation sites excluding steroid dienone is 3. The van der Waals surface area contributed by atoms with Crippen molar-refractivity contribution < 1.29 is 22.7 Å². The van der Waals surface area contributed by atoms with E-state index in [1.54, 1.807) is 6.08 Å². The summed E-state index contributed by atoms with van der Waals surface area (Å²) >= 11 is 7.76. The van der Waals surface area contributed by atoms with Crippen molar-refractivity contribution >= 4 is 29.1 Å². The largest absolute Gasteiger partial charge is 0.492 e. The monoisotopic (exact) mass is 400 g/mol. The minimum atomic E-state index is -4.37. The van der Waals surface area contributed by atoms with Gasteiger partial charge in [-0.3, -0.25) is 4.79 Å². The average molecular weight is 401 g/mol. The molecule has 0 N–H and O–H groups in total. The van der Waals surface area contributed by atoms with Gasteiger partial charge in [-0.1, -0.05) is 35.9 Å². The number of benzene rings is 1. The Kier molecular flexibility index (Phi) is 5.26. The Labute approximate surface area is 158 Å². The maximum absolute atomic E-state index is 12.7. The minimum Gasteiger partial charge on any atom is -0.492 e. The molecule has 1 heterocycles. The molecule has 138 valence electrons. The number of thioether (sulfide) groups is 1. The lowest BCUT2D eigenvalue weighted by Gasteiger charge is -2.27. The van der Waals surface area contributed by atoms with Crippen molar-refractivity contribution in [3.63, 3.8) is 0 Å². The Hall–Kier alpha value is -1.66. The summed E-state index contributed by atoms with van der Waals surface area (Å²) in [5, 5.41) is 0.0632. The number of carbonyl (C=O) groups excluding carboxylic acids is 1. The number of fused-ring (bicyclic) bond motifs is 1. The first-order valence-corrected chi connectivity index (χ1v) is 9.19. The van der Waals surface area contributed by atoms with E-state index in [0.717, 1.165) is 17.7 Å². The fraction of sp³-hybridized carbons (Fsp3) is 0.316. The standard InChI is InChI=1S/C19H16ClF3O2S/c1-10-16-15(26-18(10)20)8-7-14(11(2)24)17(16)25-9-12-3-5-13(6-4-12)19(21,22)23/h3-8,15-16H,9H2,1-2H3. The fourth-order valence-electron chi connectivity index (χ4n) is 3.00. The van der Waals surface area contributed by atoms with Gasteiger partial charge in [0.1, 0.15) is 12.4 Å². The third-order valence-electron chi connectivity index (χ3n) is 4.40. The van der Waals surface area contributed by atoms with Gasteiger partial charge in [-0.05, 0) is 37.1 Å². The van der Waals surface area contributed by atoms with E-state index in [-0.39, 0.29) is 23.6 Å². The first-order chi connectivity index (χ1) is 12.2. The second kappa shape index (κ2) is 7.16. The predicted molar refractivity (Wildman–Crippen MR) is 96.5 cm³/mol. The van der Waals surface area contributed by atoms with Crippen molar-refractivity contribution in [1.82, 2.24) is 0 Å². The number of hydrogen-bond acceptors (Lipinski definition) is 3. The fourth-order valence-corrected chi connectivity index (χ4v) is 4.59. The third-order valence-corrected chi connectivity index (χ3v) is 6.20. The number of alkyl halides is 3. The molecule has 0 saturated heterocycles. The van der Waals surface area contributed by atoms with Gasteiger partial charge in [0.2, 0.25) is 0 Å². The van der Waals surface area contributed by atoms with Crippen molar-refractivity contribution in [2.45, 2.75) is 31.9 Å². The van der Waals surface area contributed by atoms with Crippen molar-refractivity contribution in [3.8, 4) is 0 Å². The molecule has 1 aromatic rings. The molecule has 0 amide bonds. The first-order valence-electron chi connectivity index (χ1n) is 7.93. The van der Waals surface area contributed by atoms with E-state index in [9.17, 15) is 18.0 Å². The van der Waals surface area contributed by atoms with Gasteiger partial charge in [-0.15, -0.1) is 11.8 Å². The number of Topliss-reactive ketones (excluding diaryl/α,β-unsaturated/α-hetero) is 1. The number of ether oxygens (including phenoxy) is 1. The minimum absolute atomic E-state index is 0.0632. The van der Waals surface area contributed by atoms with E-state index in [2.05, 4.69) is 0 Å². The van der Waals surface area contributed by atoms with Gasteiger partial charge >= 0.3 is 6.18 Å². The number of ketones is 1. The molecule has 7 heteroatoms. The maximum Gasteiger partial charge on any atom is 0.416 e. The summed E-state index contributed by atoms with van der Waals surface area (Å²) in [6, 6.07) is 4.81. The summed E-state index contributed by atoms with van der Waals surface area (Å²) in [6.07, 6.45) is -0.692. The van der Waals surface area contributed by atoms with Crippen LogP contribution in [0.5, 0.6) is 0 Å². The number of carbonyl (C=O) groups is 1. The summed E-state index contributed by atoms with van der Waals surface area (Å²) in [4.78, 5) is 12.0. The maximum atomic E-state index is 12.7. The molecule has 2 atom stereocenters. The molecule has 2 unspecified atom stereocenters. The van der Waals surface area contributed by atoms with Gasteiger partial charge in [-0.2, -0.15) is 13.2 Å². The van der Waals surface area contributed by atoms with Crippen LogP contribution in [-0.2, 0) is 22.3 Å². The molecular weight excluding hydrogens is 385 g/mol. The normalized spacial score (nSPS) is 22.7. The van der Waals surface area contributed by atoms with Crippen LogP contribution in [0.1, 0.15) is 25.0 Å². The molecule has 1 aliphatic heterocycles. The van der Waals surface area contributed by atoms with Gasteiger partial charge in [-0.25, -0.2) is 0 Å². The second-order valence-electron chi connectivity index (χ2n) is 6.19. The van der Waals surface area contributed by atoms with Crippen molar-refractivity contribution in [3.05, 3.63) is 68.8 Å². The Morgan fingerprint density at radius 2 is 1.92 bits per heavy atom. The highest BCUT2D eigenvalue weighted by Crippen LogP contribution is 2.50. The Morgan fingerprint density at radius 1 is 1.27 bits per heavy atom. The van der Waals surface area contributed by atoms with E-state index in [4.69, 9.17) is 16.3 Å². The summed E-state index contributed by atoms with van der Waals surface area (Å²) < 4.78 is 44.6. The molecule has 0 saturated carbocycles. The second-order valence-corrected chi connectivity index (χ2v) is 7.98. The highest BCUT2D eigenvalue weighted by Gasteiger charge is 2.39. The van der Waals surface area contributed by atoms with Gasteiger partial charge in [0.15, 0.2) is 5.78 Å². The summed E-state index contributed by atoms with van der Waals surface area (Å²) in [5.41, 5.74) is 1.30. The first kappa shape index (κ1) is 19.1. The summed E-state index contributed by atoms with van der Waals surface area (Å²) in [6.45, 7) is 3.44. The SMILES string of the molecule is CC(=O)C1=C(OCc2ccc(C(F)(F)F)cc2)C2C(C)=C(Cl)SC2C=C1. The van der Waals surface area contributed by atoms with Crippen molar-refractivity contribution in [2.24, 2.45) is 5.92 Å². The average Bonchev–Trinajstić information content (AvgIpc) is 2.87. The Morgan fingerprint density at radius 3 is 2.50 bits per heavy atom. The smallest absolute Gasteiger partial charge is 0.416 e. The van der Waals surface area contributed by atoms with Crippen molar-refractivity contribution in [2.75, 3.05) is 0 Å². The third kappa shape index (κ3) is 3.71. The van der Waals surface area contributed by atoms with Crippen LogP contribution < -0.4 is 0 Å². The van der Waals surface area contributed by atoms with E-state index in [0.29, 0.717) is 21.3 Å². The molecule has 1 aromatic carbocycles. The van der Waals surface area contributed by atoms with Crippen LogP contribution in [0.25, 0.3) is 0 Å². The highest BCUT2D eigenvalue weighted by molar-refractivity contribution is 8.05.